The number of thioether (sulfide) groups is 1. The minimum Gasteiger partial charge on any atom is -0.379 e. The van der Waals surface area contributed by atoms with Crippen LogP contribution in [0.2, 0.25) is 0 Å². The van der Waals surface area contributed by atoms with E-state index >= 15 is 0 Å². The summed E-state index contributed by atoms with van der Waals surface area (Å²) in [5.74, 6) is 0.425. The number of ether oxygens (including phenoxy) is 1. The molecule has 0 radical (unpaired) electrons. The molecule has 1 unspecified atom stereocenters. The van der Waals surface area contributed by atoms with E-state index in [-0.39, 0.29) is 12.3 Å². The molecule has 0 aliphatic carbocycles. The summed E-state index contributed by atoms with van der Waals surface area (Å²) in [6.07, 6.45) is 1.82. The van der Waals surface area contributed by atoms with E-state index in [9.17, 15) is 4.79 Å². The van der Waals surface area contributed by atoms with Gasteiger partial charge in [-0.25, -0.2) is 4.99 Å². The number of pyridine rings is 1. The fraction of sp³-hybridized carbons (Fsp3) is 0.263. The van der Waals surface area contributed by atoms with Crippen molar-refractivity contribution in [2.45, 2.75) is 18.6 Å². The molecule has 0 saturated carbocycles. The van der Waals surface area contributed by atoms with Crippen LogP contribution in [0.4, 0.5) is 5.69 Å². The molecule has 8 heteroatoms. The predicted octanol–water partition coefficient (Wildman–Crippen LogP) is 2.19. The van der Waals surface area contributed by atoms with E-state index in [1.54, 1.807) is 18.3 Å². The number of anilines is 1. The van der Waals surface area contributed by atoms with Crippen molar-refractivity contribution in [1.29, 1.82) is 5.26 Å². The molecule has 4 rings (SSSR count). The second kappa shape index (κ2) is 7.02. The molecule has 2 aliphatic heterocycles. The Hall–Kier alpha value is -2.89. The third-order valence-corrected chi connectivity index (χ3v) is 5.60. The minimum absolute atomic E-state index is 0.269. The van der Waals surface area contributed by atoms with E-state index in [0.717, 1.165) is 22.4 Å². The average Bonchev–Trinajstić information content (AvgIpc) is 3.04. The summed E-state index contributed by atoms with van der Waals surface area (Å²) in [7, 11) is 0. The van der Waals surface area contributed by atoms with E-state index in [1.165, 1.54) is 11.8 Å². The first-order valence-electron chi connectivity index (χ1n) is 8.42. The number of fused-ring (bicyclic) bond motifs is 2. The topological polar surface area (TPSA) is 113 Å². The molecule has 27 heavy (non-hydrogen) atoms. The molecule has 0 bridgehead atoms. The van der Waals surface area contributed by atoms with Gasteiger partial charge in [-0.2, -0.15) is 5.26 Å². The van der Waals surface area contributed by atoms with Crippen LogP contribution >= 0.6 is 11.8 Å². The Morgan fingerprint density at radius 1 is 1.41 bits per heavy atom. The van der Waals surface area contributed by atoms with E-state index < -0.39 is 5.54 Å². The Kier molecular flexibility index (Phi) is 4.56. The van der Waals surface area contributed by atoms with Crippen LogP contribution in [0.15, 0.2) is 41.5 Å². The van der Waals surface area contributed by atoms with E-state index in [0.29, 0.717) is 29.8 Å². The summed E-state index contributed by atoms with van der Waals surface area (Å²) in [6.45, 7) is 1.00. The zero-order valence-electron chi connectivity index (χ0n) is 14.4. The van der Waals surface area contributed by atoms with Gasteiger partial charge in [0.05, 0.1) is 25.7 Å². The number of carbonyl (C=O) groups is 1. The molecular weight excluding hydrogens is 362 g/mol. The number of rotatable bonds is 3. The lowest BCUT2D eigenvalue weighted by Crippen LogP contribution is -2.35. The SMILES string of the molecule is N#CCc1ccc(C(=O)Nc2ccc3c(c2)C2(COC3)CSC(N)=N2)nc1. The predicted molar refractivity (Wildman–Crippen MR) is 103 cm³/mol. The molecule has 1 atom stereocenters. The van der Waals surface area contributed by atoms with Crippen molar-refractivity contribution in [3.8, 4) is 6.07 Å². The fourth-order valence-electron chi connectivity index (χ4n) is 3.25. The molecule has 1 aromatic carbocycles. The van der Waals surface area contributed by atoms with Crippen LogP contribution in [0.1, 0.15) is 27.2 Å². The molecule has 1 spiro atoms. The molecular formula is C19H17N5O2S. The summed E-state index contributed by atoms with van der Waals surface area (Å²) >= 11 is 1.52. The van der Waals surface area contributed by atoms with Crippen LogP contribution in [0.5, 0.6) is 0 Å². The van der Waals surface area contributed by atoms with Crippen molar-refractivity contribution in [3.63, 3.8) is 0 Å². The van der Waals surface area contributed by atoms with Crippen LogP contribution < -0.4 is 11.1 Å². The number of benzene rings is 1. The molecule has 0 saturated heterocycles. The lowest BCUT2D eigenvalue weighted by atomic mass is 9.87. The Balaban J connectivity index is 1.58. The zero-order valence-corrected chi connectivity index (χ0v) is 15.3. The molecule has 0 fully saturated rings. The molecule has 3 heterocycles. The summed E-state index contributed by atoms with van der Waals surface area (Å²) in [5.41, 5.74) is 9.24. The van der Waals surface area contributed by atoms with Gasteiger partial charge < -0.3 is 15.8 Å². The third kappa shape index (κ3) is 3.39. The van der Waals surface area contributed by atoms with Crippen LogP contribution in [-0.2, 0) is 23.3 Å². The Morgan fingerprint density at radius 3 is 3.00 bits per heavy atom. The summed E-state index contributed by atoms with van der Waals surface area (Å²) < 4.78 is 5.71. The highest BCUT2D eigenvalue weighted by Gasteiger charge is 2.41. The van der Waals surface area contributed by atoms with Crippen LogP contribution in [0, 0.1) is 11.3 Å². The summed E-state index contributed by atoms with van der Waals surface area (Å²) in [6, 6.07) is 11.2. The number of nitrogens with two attached hydrogens (primary N) is 1. The standard InChI is InChI=1S/C19H17N5O2S/c20-6-5-12-1-4-16(22-8-12)17(25)23-14-3-2-13-9-26-10-19(15(13)7-14)11-27-18(21)24-19/h1-4,7-8H,5,9-11H2,(H2,21,24)(H,23,25). The zero-order chi connectivity index (χ0) is 18.9. The summed E-state index contributed by atoms with van der Waals surface area (Å²) in [4.78, 5) is 21.2. The van der Waals surface area contributed by atoms with E-state index in [4.69, 9.17) is 15.7 Å². The number of aromatic nitrogens is 1. The van der Waals surface area contributed by atoms with Crippen LogP contribution in [0.3, 0.4) is 0 Å². The van der Waals surface area contributed by atoms with Gasteiger partial charge in [0.25, 0.3) is 5.91 Å². The van der Waals surface area contributed by atoms with Gasteiger partial charge in [-0.3, -0.25) is 9.78 Å². The quantitative estimate of drug-likeness (QED) is 0.845. The summed E-state index contributed by atoms with van der Waals surface area (Å²) in [5, 5.41) is 12.2. The molecule has 1 amide bonds. The molecule has 136 valence electrons. The maximum atomic E-state index is 12.5. The number of hydrogen-bond acceptors (Lipinski definition) is 7. The number of hydrogen-bond donors (Lipinski definition) is 2. The number of carbonyl (C=O) groups excluding carboxylic acids is 1. The molecule has 7 nitrogen and oxygen atoms in total. The van der Waals surface area contributed by atoms with Crippen molar-refractivity contribution in [2.75, 3.05) is 17.7 Å². The lowest BCUT2D eigenvalue weighted by molar-refractivity contribution is 0.0634. The second-order valence-electron chi connectivity index (χ2n) is 6.48. The first kappa shape index (κ1) is 17.5. The highest BCUT2D eigenvalue weighted by atomic mass is 32.2. The van der Waals surface area contributed by atoms with Crippen LogP contribution in [-0.4, -0.2) is 28.4 Å². The van der Waals surface area contributed by atoms with Crippen LogP contribution in [0.25, 0.3) is 0 Å². The number of nitriles is 1. The van der Waals surface area contributed by atoms with Gasteiger partial charge in [-0.05, 0) is 34.9 Å². The van der Waals surface area contributed by atoms with Gasteiger partial charge in [0.15, 0.2) is 5.17 Å². The maximum absolute atomic E-state index is 12.5. The number of nitrogens with zero attached hydrogens (tertiary/aromatic N) is 3. The number of amides is 1. The van der Waals surface area contributed by atoms with Crippen molar-refractivity contribution in [2.24, 2.45) is 10.7 Å². The van der Waals surface area contributed by atoms with Gasteiger partial charge in [-0.15, -0.1) is 0 Å². The molecule has 3 N–H and O–H groups in total. The molecule has 2 aromatic rings. The Bertz CT molecular complexity index is 967. The smallest absolute Gasteiger partial charge is 0.274 e. The highest BCUT2D eigenvalue weighted by molar-refractivity contribution is 8.14. The number of aliphatic imine (C=N–C) groups is 1. The average molecular weight is 379 g/mol. The fourth-order valence-corrected chi connectivity index (χ4v) is 4.18. The van der Waals surface area contributed by atoms with Crippen molar-refractivity contribution >= 4 is 28.5 Å². The molecule has 1 aromatic heterocycles. The van der Waals surface area contributed by atoms with E-state index in [1.807, 2.05) is 18.2 Å². The van der Waals surface area contributed by atoms with Crippen molar-refractivity contribution in [1.82, 2.24) is 4.98 Å². The first-order chi connectivity index (χ1) is 13.1. The van der Waals surface area contributed by atoms with Gasteiger partial charge in [0, 0.05) is 17.6 Å². The Labute approximate surface area is 160 Å². The van der Waals surface area contributed by atoms with E-state index in [2.05, 4.69) is 21.4 Å². The largest absolute Gasteiger partial charge is 0.379 e. The number of amidine groups is 1. The Morgan fingerprint density at radius 2 is 2.30 bits per heavy atom. The minimum atomic E-state index is -0.486. The van der Waals surface area contributed by atoms with Crippen molar-refractivity contribution in [3.05, 3.63) is 58.9 Å². The maximum Gasteiger partial charge on any atom is 0.274 e. The van der Waals surface area contributed by atoms with Crippen molar-refractivity contribution < 1.29 is 9.53 Å². The molecule has 2 aliphatic rings. The first-order valence-corrected chi connectivity index (χ1v) is 9.41. The highest BCUT2D eigenvalue weighted by Crippen LogP contribution is 2.41. The van der Waals surface area contributed by atoms with Gasteiger partial charge >= 0.3 is 0 Å². The second-order valence-corrected chi connectivity index (χ2v) is 7.47. The van der Waals surface area contributed by atoms with Gasteiger partial charge in [0.1, 0.15) is 11.2 Å². The van der Waals surface area contributed by atoms with Gasteiger partial charge in [0.2, 0.25) is 0 Å². The normalized spacial score (nSPS) is 20.6. The number of nitrogens with one attached hydrogen (secondary N) is 1. The third-order valence-electron chi connectivity index (χ3n) is 4.59. The van der Waals surface area contributed by atoms with Gasteiger partial charge in [-0.1, -0.05) is 23.9 Å². The monoisotopic (exact) mass is 379 g/mol. The lowest BCUT2D eigenvalue weighted by Gasteiger charge is -2.32.